The van der Waals surface area contributed by atoms with Crippen LogP contribution in [-0.2, 0) is 11.3 Å². The molecule has 2 amide bonds. The molecule has 6 nitrogen and oxygen atoms in total. The molecule has 2 rings (SSSR count). The number of ether oxygens (including phenoxy) is 1. The number of hydrogen-bond acceptors (Lipinski definition) is 4. The van der Waals surface area contributed by atoms with Crippen molar-refractivity contribution in [2.45, 2.75) is 13.0 Å². The minimum atomic E-state index is -0.345. The molecule has 7 heteroatoms. The van der Waals surface area contributed by atoms with Gasteiger partial charge in [-0.25, -0.2) is 4.79 Å². The average Bonchev–Trinajstić information content (AvgIpc) is 3.06. The Kier molecular flexibility index (Phi) is 6.48. The van der Waals surface area contributed by atoms with E-state index in [9.17, 15) is 4.79 Å². The number of benzene rings is 1. The third-order valence-electron chi connectivity index (χ3n) is 2.92. The van der Waals surface area contributed by atoms with Crippen molar-refractivity contribution in [2.24, 2.45) is 0 Å². The number of carbonyl (C=O) groups is 1. The molecule has 2 aromatic rings. The zero-order chi connectivity index (χ0) is 16.5. The molecular weight excluding hydrogens is 318 g/mol. The van der Waals surface area contributed by atoms with Crippen LogP contribution in [-0.4, -0.2) is 19.2 Å². The summed E-state index contributed by atoms with van der Waals surface area (Å²) in [5.41, 5.74) is 0.827. The lowest BCUT2D eigenvalue weighted by Crippen LogP contribution is -2.30. The van der Waals surface area contributed by atoms with Crippen molar-refractivity contribution in [1.29, 1.82) is 5.26 Å². The zero-order valence-corrected chi connectivity index (χ0v) is 13.1. The van der Waals surface area contributed by atoms with E-state index in [0.717, 1.165) is 5.76 Å². The number of carbonyl (C=O) groups excluding carboxylic acids is 1. The van der Waals surface area contributed by atoms with E-state index >= 15 is 0 Å². The van der Waals surface area contributed by atoms with Gasteiger partial charge < -0.3 is 19.8 Å². The van der Waals surface area contributed by atoms with E-state index in [2.05, 4.69) is 10.6 Å². The predicted molar refractivity (Wildman–Crippen MR) is 86.2 cm³/mol. The van der Waals surface area contributed by atoms with Gasteiger partial charge in [0.1, 0.15) is 18.4 Å². The highest BCUT2D eigenvalue weighted by Crippen LogP contribution is 2.19. The molecule has 0 fully saturated rings. The van der Waals surface area contributed by atoms with Gasteiger partial charge in [0.2, 0.25) is 0 Å². The summed E-state index contributed by atoms with van der Waals surface area (Å²) in [4.78, 5) is 11.7. The van der Waals surface area contributed by atoms with Gasteiger partial charge in [-0.1, -0.05) is 11.6 Å². The number of anilines is 1. The molecule has 0 radical (unpaired) electrons. The first kappa shape index (κ1) is 16.9. The summed E-state index contributed by atoms with van der Waals surface area (Å²) in [6.07, 6.45) is 2.28. The van der Waals surface area contributed by atoms with Gasteiger partial charge >= 0.3 is 6.03 Å². The molecule has 0 unspecified atom stereocenters. The van der Waals surface area contributed by atoms with Gasteiger partial charge in [-0.3, -0.25) is 0 Å². The Morgan fingerprint density at radius 2 is 2.26 bits per heavy atom. The monoisotopic (exact) mass is 333 g/mol. The van der Waals surface area contributed by atoms with Crippen LogP contribution < -0.4 is 10.6 Å². The molecule has 1 heterocycles. The topological polar surface area (TPSA) is 87.3 Å². The lowest BCUT2D eigenvalue weighted by Gasteiger charge is -2.08. The van der Waals surface area contributed by atoms with Crippen LogP contribution in [0.25, 0.3) is 0 Å². The van der Waals surface area contributed by atoms with Crippen molar-refractivity contribution in [3.05, 3.63) is 52.9 Å². The number of amides is 2. The maximum atomic E-state index is 11.7. The largest absolute Gasteiger partial charge is 0.467 e. The number of rotatable bonds is 7. The molecule has 120 valence electrons. The molecule has 1 aromatic heterocycles. The first-order chi connectivity index (χ1) is 11.2. The Labute approximate surface area is 139 Å². The van der Waals surface area contributed by atoms with Gasteiger partial charge in [0, 0.05) is 18.8 Å². The van der Waals surface area contributed by atoms with Crippen molar-refractivity contribution in [3.63, 3.8) is 0 Å². The van der Waals surface area contributed by atoms with E-state index in [1.54, 1.807) is 24.5 Å². The van der Waals surface area contributed by atoms with Gasteiger partial charge in [-0.15, -0.1) is 0 Å². The molecule has 0 saturated carbocycles. The molecular formula is C16H16ClN3O3. The minimum Gasteiger partial charge on any atom is -0.467 e. The predicted octanol–water partition coefficient (Wildman–Crippen LogP) is 3.53. The molecule has 0 aliphatic heterocycles. The molecule has 23 heavy (non-hydrogen) atoms. The van der Waals surface area contributed by atoms with Crippen LogP contribution in [0.5, 0.6) is 0 Å². The highest BCUT2D eigenvalue weighted by atomic mass is 35.5. The van der Waals surface area contributed by atoms with E-state index in [1.807, 2.05) is 12.1 Å². The Bertz CT molecular complexity index is 680. The summed E-state index contributed by atoms with van der Waals surface area (Å²) in [6.45, 7) is 1.41. The number of halogens is 1. The van der Waals surface area contributed by atoms with Gasteiger partial charge in [-0.2, -0.15) is 5.26 Å². The highest BCUT2D eigenvalue weighted by Gasteiger charge is 2.04. The Hall–Kier alpha value is -2.49. The Morgan fingerprint density at radius 3 is 3.00 bits per heavy atom. The minimum absolute atomic E-state index is 0.316. The maximum absolute atomic E-state index is 11.7. The maximum Gasteiger partial charge on any atom is 0.319 e. The third kappa shape index (κ3) is 5.66. The van der Waals surface area contributed by atoms with Crippen LogP contribution in [0.4, 0.5) is 10.5 Å². The lowest BCUT2D eigenvalue weighted by molar-refractivity contribution is 0.104. The van der Waals surface area contributed by atoms with Crippen molar-refractivity contribution in [1.82, 2.24) is 5.32 Å². The second kappa shape index (κ2) is 8.83. The van der Waals surface area contributed by atoms with Crippen LogP contribution in [0.3, 0.4) is 0 Å². The number of nitrogens with one attached hydrogen (secondary N) is 2. The number of nitrogens with zero attached hydrogens (tertiary/aromatic N) is 1. The average molecular weight is 334 g/mol. The van der Waals surface area contributed by atoms with E-state index in [1.165, 1.54) is 6.07 Å². The SMILES string of the molecule is N#Cc1cc(NC(=O)NCCCOCc2ccco2)ccc1Cl. The van der Waals surface area contributed by atoms with Gasteiger partial charge in [-0.05, 0) is 36.8 Å². The standard InChI is InChI=1S/C16H16ClN3O3/c17-15-5-4-13(9-12(15)10-18)20-16(21)19-6-2-7-22-11-14-3-1-8-23-14/h1,3-5,8-9H,2,6-7,11H2,(H2,19,20,21). The quantitative estimate of drug-likeness (QED) is 0.759. The molecule has 1 aromatic carbocycles. The van der Waals surface area contributed by atoms with Crippen LogP contribution in [0, 0.1) is 11.3 Å². The summed E-state index contributed by atoms with van der Waals surface area (Å²) >= 11 is 5.83. The normalized spacial score (nSPS) is 10.1. The number of nitriles is 1. The number of furan rings is 1. The summed E-state index contributed by atoms with van der Waals surface area (Å²) in [5.74, 6) is 0.770. The molecule has 0 spiro atoms. The third-order valence-corrected chi connectivity index (χ3v) is 3.25. The smallest absolute Gasteiger partial charge is 0.319 e. The molecule has 2 N–H and O–H groups in total. The second-order valence-electron chi connectivity index (χ2n) is 4.67. The van der Waals surface area contributed by atoms with Crippen LogP contribution in [0.15, 0.2) is 41.0 Å². The summed E-state index contributed by atoms with van der Waals surface area (Å²) < 4.78 is 10.5. The van der Waals surface area contributed by atoms with Crippen LogP contribution >= 0.6 is 11.6 Å². The van der Waals surface area contributed by atoms with Gasteiger partial charge in [0.15, 0.2) is 0 Å². The van der Waals surface area contributed by atoms with Gasteiger partial charge in [0.05, 0.1) is 16.8 Å². The van der Waals surface area contributed by atoms with E-state index < -0.39 is 0 Å². The number of hydrogen-bond donors (Lipinski definition) is 2. The Morgan fingerprint density at radius 1 is 1.39 bits per heavy atom. The summed E-state index contributed by atoms with van der Waals surface area (Å²) in [5, 5.41) is 14.6. The molecule has 0 atom stereocenters. The fraction of sp³-hybridized carbons (Fsp3) is 0.250. The zero-order valence-electron chi connectivity index (χ0n) is 12.3. The van der Waals surface area contributed by atoms with Crippen molar-refractivity contribution in [3.8, 4) is 6.07 Å². The molecule has 0 aliphatic rings. The summed E-state index contributed by atoms with van der Waals surface area (Å²) in [6, 6.07) is 9.98. The fourth-order valence-corrected chi connectivity index (χ4v) is 1.97. The molecule has 0 bridgehead atoms. The van der Waals surface area contributed by atoms with E-state index in [-0.39, 0.29) is 6.03 Å². The first-order valence-electron chi connectivity index (χ1n) is 7.03. The summed E-state index contributed by atoms with van der Waals surface area (Å²) in [7, 11) is 0. The molecule has 0 saturated heterocycles. The molecule has 0 aliphatic carbocycles. The van der Waals surface area contributed by atoms with Crippen molar-refractivity contribution < 1.29 is 13.9 Å². The van der Waals surface area contributed by atoms with Crippen LogP contribution in [0.2, 0.25) is 5.02 Å². The van der Waals surface area contributed by atoms with Crippen LogP contribution in [0.1, 0.15) is 17.7 Å². The Balaban J connectivity index is 1.62. The van der Waals surface area contributed by atoms with E-state index in [4.69, 9.17) is 26.0 Å². The number of urea groups is 1. The fourth-order valence-electron chi connectivity index (χ4n) is 1.81. The first-order valence-corrected chi connectivity index (χ1v) is 7.41. The highest BCUT2D eigenvalue weighted by molar-refractivity contribution is 6.31. The van der Waals surface area contributed by atoms with Gasteiger partial charge in [0.25, 0.3) is 0 Å². The van der Waals surface area contributed by atoms with Crippen molar-refractivity contribution in [2.75, 3.05) is 18.5 Å². The van der Waals surface area contributed by atoms with Crippen molar-refractivity contribution >= 4 is 23.3 Å². The lowest BCUT2D eigenvalue weighted by atomic mass is 10.2. The second-order valence-corrected chi connectivity index (χ2v) is 5.08. The van der Waals surface area contributed by atoms with E-state index in [0.29, 0.717) is 42.5 Å².